The number of methoxy groups -OCH3 is 1. The Bertz CT molecular complexity index is 385. The van der Waals surface area contributed by atoms with Crippen molar-refractivity contribution in [3.05, 3.63) is 0 Å². The van der Waals surface area contributed by atoms with Crippen molar-refractivity contribution in [3.8, 4) is 0 Å². The van der Waals surface area contributed by atoms with Crippen LogP contribution in [0.4, 0.5) is 0 Å². The number of aliphatic imine (C=N–C) groups is 1. The first-order valence-corrected chi connectivity index (χ1v) is 7.88. The molecular formula is C15H28IN3O2. The fourth-order valence-corrected chi connectivity index (χ4v) is 4.57. The van der Waals surface area contributed by atoms with E-state index in [4.69, 9.17) is 20.2 Å². The van der Waals surface area contributed by atoms with E-state index in [0.717, 1.165) is 13.0 Å². The van der Waals surface area contributed by atoms with Crippen LogP contribution in [0.3, 0.4) is 0 Å². The van der Waals surface area contributed by atoms with Gasteiger partial charge in [0.2, 0.25) is 0 Å². The molecule has 4 atom stereocenters. The van der Waals surface area contributed by atoms with E-state index in [0.29, 0.717) is 30.6 Å². The number of hydrogen-bond acceptors (Lipinski definition) is 3. The monoisotopic (exact) mass is 409 g/mol. The molecule has 0 aromatic carbocycles. The van der Waals surface area contributed by atoms with E-state index >= 15 is 0 Å². The first kappa shape index (κ1) is 17.3. The Morgan fingerprint density at radius 3 is 2.86 bits per heavy atom. The average Bonchev–Trinajstić information content (AvgIpc) is 3.04. The molecule has 0 amide bonds. The van der Waals surface area contributed by atoms with Crippen molar-refractivity contribution >= 4 is 29.9 Å². The van der Waals surface area contributed by atoms with Gasteiger partial charge in [-0.15, -0.1) is 24.0 Å². The smallest absolute Gasteiger partial charge is 0.189 e. The van der Waals surface area contributed by atoms with Gasteiger partial charge in [0, 0.05) is 31.1 Å². The Balaban J connectivity index is 0.00000161. The minimum absolute atomic E-state index is 0. The van der Waals surface area contributed by atoms with Crippen molar-refractivity contribution < 1.29 is 9.47 Å². The topological polar surface area (TPSA) is 68.9 Å². The zero-order valence-corrected chi connectivity index (χ0v) is 15.3. The van der Waals surface area contributed by atoms with Gasteiger partial charge in [0.25, 0.3) is 0 Å². The molecule has 5 nitrogen and oxygen atoms in total. The van der Waals surface area contributed by atoms with Crippen LogP contribution >= 0.6 is 24.0 Å². The molecule has 1 aliphatic heterocycles. The molecule has 4 unspecified atom stereocenters. The van der Waals surface area contributed by atoms with Gasteiger partial charge in [-0.05, 0) is 26.2 Å². The third kappa shape index (κ3) is 3.03. The Kier molecular flexibility index (Phi) is 5.76. The van der Waals surface area contributed by atoms with E-state index in [1.54, 1.807) is 7.11 Å². The molecule has 3 rings (SSSR count). The molecule has 0 radical (unpaired) electrons. The summed E-state index contributed by atoms with van der Waals surface area (Å²) >= 11 is 0. The lowest BCUT2D eigenvalue weighted by Crippen LogP contribution is -2.61. The van der Waals surface area contributed by atoms with Crippen LogP contribution in [0, 0.1) is 11.3 Å². The number of fused-ring (bicyclic) bond motifs is 2. The predicted molar refractivity (Wildman–Crippen MR) is 94.0 cm³/mol. The second-order valence-electron chi connectivity index (χ2n) is 6.64. The van der Waals surface area contributed by atoms with Crippen LogP contribution in [0.1, 0.15) is 39.0 Å². The van der Waals surface area contributed by atoms with E-state index in [2.05, 4.69) is 12.2 Å². The summed E-state index contributed by atoms with van der Waals surface area (Å²) in [4.78, 5) is 4.83. The third-order valence-electron chi connectivity index (χ3n) is 5.32. The lowest BCUT2D eigenvalue weighted by atomic mass is 9.54. The van der Waals surface area contributed by atoms with Gasteiger partial charge in [0.15, 0.2) is 5.96 Å². The maximum Gasteiger partial charge on any atom is 0.189 e. The Hall–Kier alpha value is -0.0800. The third-order valence-corrected chi connectivity index (χ3v) is 5.32. The molecule has 3 N–H and O–H groups in total. The van der Waals surface area contributed by atoms with Crippen LogP contribution < -0.4 is 11.1 Å². The maximum absolute atomic E-state index is 6.09. The Labute approximate surface area is 144 Å². The zero-order chi connectivity index (χ0) is 14.2. The summed E-state index contributed by atoms with van der Waals surface area (Å²) in [6.07, 6.45) is 6.72. The van der Waals surface area contributed by atoms with Gasteiger partial charge in [-0.1, -0.05) is 12.8 Å². The highest BCUT2D eigenvalue weighted by Crippen LogP contribution is 2.61. The minimum Gasteiger partial charge on any atom is -0.383 e. The lowest BCUT2D eigenvalue weighted by Gasteiger charge is -2.54. The number of nitrogens with zero attached hydrogens (tertiary/aromatic N) is 1. The van der Waals surface area contributed by atoms with Crippen molar-refractivity contribution in [1.82, 2.24) is 5.32 Å². The molecule has 0 bridgehead atoms. The fraction of sp³-hybridized carbons (Fsp3) is 0.933. The summed E-state index contributed by atoms with van der Waals surface area (Å²) in [5.74, 6) is 1.15. The van der Waals surface area contributed by atoms with E-state index < -0.39 is 0 Å². The van der Waals surface area contributed by atoms with Crippen LogP contribution in [0.5, 0.6) is 0 Å². The Morgan fingerprint density at radius 1 is 1.48 bits per heavy atom. The van der Waals surface area contributed by atoms with Gasteiger partial charge in [0.05, 0.1) is 18.8 Å². The average molecular weight is 409 g/mol. The first-order valence-electron chi connectivity index (χ1n) is 7.88. The number of ether oxygens (including phenoxy) is 2. The van der Waals surface area contributed by atoms with Crippen LogP contribution in [0.25, 0.3) is 0 Å². The molecule has 3 fully saturated rings. The van der Waals surface area contributed by atoms with Crippen LogP contribution in [-0.4, -0.2) is 44.5 Å². The van der Waals surface area contributed by atoms with Crippen molar-refractivity contribution in [3.63, 3.8) is 0 Å². The molecular weight excluding hydrogens is 381 g/mol. The highest BCUT2D eigenvalue weighted by molar-refractivity contribution is 14.0. The number of nitrogens with one attached hydrogen (secondary N) is 1. The van der Waals surface area contributed by atoms with Gasteiger partial charge >= 0.3 is 0 Å². The van der Waals surface area contributed by atoms with E-state index in [1.165, 1.54) is 25.7 Å². The van der Waals surface area contributed by atoms with Gasteiger partial charge < -0.3 is 20.5 Å². The van der Waals surface area contributed by atoms with E-state index in [9.17, 15) is 0 Å². The summed E-state index contributed by atoms with van der Waals surface area (Å²) in [7, 11) is 1.70. The first-order chi connectivity index (χ1) is 9.67. The normalized spacial score (nSPS) is 35.0. The number of guanidine groups is 1. The van der Waals surface area contributed by atoms with Gasteiger partial charge in [-0.2, -0.15) is 0 Å². The lowest BCUT2D eigenvalue weighted by molar-refractivity contribution is -0.117. The molecule has 2 saturated carbocycles. The summed E-state index contributed by atoms with van der Waals surface area (Å²) < 4.78 is 11.1. The molecule has 2 aliphatic carbocycles. The molecule has 1 heterocycles. The molecule has 6 heteroatoms. The molecule has 3 aliphatic rings. The number of halogens is 1. The summed E-state index contributed by atoms with van der Waals surface area (Å²) in [5, 5.41) is 3.23. The second-order valence-corrected chi connectivity index (χ2v) is 6.64. The van der Waals surface area contributed by atoms with Crippen LogP contribution in [0.15, 0.2) is 4.99 Å². The SMILES string of the molecule is COCC(C)NC(N)=NC1C2CCOC2C12CCCC2.I. The Morgan fingerprint density at radius 2 is 2.19 bits per heavy atom. The standard InChI is InChI=1S/C15H27N3O2.HI/c1-10(9-19-2)17-14(16)18-12-11-5-8-20-13(11)15(12)6-3-4-7-15;/h10-13H,3-9H2,1-2H3,(H3,16,17,18);1H. The van der Waals surface area contributed by atoms with Crippen molar-refractivity contribution in [2.75, 3.05) is 20.3 Å². The van der Waals surface area contributed by atoms with Crippen molar-refractivity contribution in [2.24, 2.45) is 22.1 Å². The number of rotatable bonds is 4. The number of hydrogen-bond donors (Lipinski definition) is 2. The van der Waals surface area contributed by atoms with E-state index in [-0.39, 0.29) is 35.4 Å². The predicted octanol–water partition coefficient (Wildman–Crippen LogP) is 1.89. The van der Waals surface area contributed by atoms with Gasteiger partial charge in [-0.25, -0.2) is 4.99 Å². The summed E-state index contributed by atoms with van der Waals surface area (Å²) in [6, 6.07) is 0.554. The fourth-order valence-electron chi connectivity index (χ4n) is 4.57. The molecule has 122 valence electrons. The quantitative estimate of drug-likeness (QED) is 0.423. The molecule has 21 heavy (non-hydrogen) atoms. The van der Waals surface area contributed by atoms with Gasteiger partial charge in [-0.3, -0.25) is 0 Å². The minimum atomic E-state index is 0. The summed E-state index contributed by atoms with van der Waals surface area (Å²) in [6.45, 7) is 3.59. The van der Waals surface area contributed by atoms with Gasteiger partial charge in [0.1, 0.15) is 0 Å². The molecule has 1 saturated heterocycles. The highest BCUT2D eigenvalue weighted by atomic mass is 127. The maximum atomic E-state index is 6.09. The largest absolute Gasteiger partial charge is 0.383 e. The number of nitrogens with two attached hydrogens (primary N) is 1. The van der Waals surface area contributed by atoms with Crippen molar-refractivity contribution in [2.45, 2.75) is 57.2 Å². The zero-order valence-electron chi connectivity index (χ0n) is 13.0. The van der Waals surface area contributed by atoms with Crippen LogP contribution in [-0.2, 0) is 9.47 Å². The second kappa shape index (κ2) is 7.00. The highest BCUT2D eigenvalue weighted by Gasteiger charge is 2.65. The van der Waals surface area contributed by atoms with Crippen LogP contribution in [0.2, 0.25) is 0 Å². The molecule has 0 aromatic heterocycles. The molecule has 1 spiro atoms. The van der Waals surface area contributed by atoms with Crippen molar-refractivity contribution in [1.29, 1.82) is 0 Å². The van der Waals surface area contributed by atoms with E-state index in [1.807, 2.05) is 0 Å². The molecule has 0 aromatic rings. The summed E-state index contributed by atoms with van der Waals surface area (Å²) in [5.41, 5.74) is 6.38.